The summed E-state index contributed by atoms with van der Waals surface area (Å²) < 4.78 is 0. The van der Waals surface area contributed by atoms with Crippen LogP contribution in [0.2, 0.25) is 0 Å². The van der Waals surface area contributed by atoms with E-state index in [1.165, 1.54) is 38.7 Å². The number of nitrogens with zero attached hydrogens (tertiary/aromatic N) is 2. The Labute approximate surface area is 211 Å². The van der Waals surface area contributed by atoms with E-state index in [1.807, 2.05) is 25.4 Å². The van der Waals surface area contributed by atoms with Crippen molar-refractivity contribution in [3.63, 3.8) is 0 Å². The lowest BCUT2D eigenvalue weighted by molar-refractivity contribution is 0.887. The van der Waals surface area contributed by atoms with Gasteiger partial charge in [-0.2, -0.15) is 0 Å². The number of fused-ring (bicyclic) bond motifs is 3. The number of aliphatic imine (C=N–C) groups is 2. The molecule has 7 rings (SSSR count). The predicted molar refractivity (Wildman–Crippen MR) is 154 cm³/mol. The molecule has 3 aromatic rings. The molecule has 0 spiro atoms. The van der Waals surface area contributed by atoms with E-state index in [9.17, 15) is 0 Å². The zero-order valence-electron chi connectivity index (χ0n) is 19.7. The van der Waals surface area contributed by atoms with Gasteiger partial charge < -0.3 is 10.7 Å². The summed E-state index contributed by atoms with van der Waals surface area (Å²) in [5.74, 6) is 0. The summed E-state index contributed by atoms with van der Waals surface area (Å²) in [6.45, 7) is 2.00. The molecule has 2 aliphatic carbocycles. The predicted octanol–water partition coefficient (Wildman–Crippen LogP) is 6.63. The standard InChI is InChI=1S/C31H23N4P/c1-2-22(16-32)36(24-17-33-18-24)23-12-9-19(10-13-23)21-11-14-27-28(15-21)35-31-26-8-4-6-20-5-3-7-25(29(20)26)30(31)34-27/h2-18,27,32,34H,1H3/b22-2+,32-16?. The topological polar surface area (TPSA) is 60.6 Å². The summed E-state index contributed by atoms with van der Waals surface area (Å²) in [5.41, 5.74) is 7.99. The molecule has 0 saturated carbocycles. The van der Waals surface area contributed by atoms with Gasteiger partial charge in [-0.1, -0.05) is 78.9 Å². The maximum absolute atomic E-state index is 7.86. The first kappa shape index (κ1) is 21.2. The Morgan fingerprint density at radius 2 is 1.81 bits per heavy atom. The van der Waals surface area contributed by atoms with Gasteiger partial charge in [-0.05, 0) is 48.1 Å². The first-order valence-corrected chi connectivity index (χ1v) is 13.4. The number of allylic oxidation sites excluding steroid dienone is 5. The van der Waals surface area contributed by atoms with E-state index in [2.05, 4.69) is 89.2 Å². The Morgan fingerprint density at radius 1 is 1.03 bits per heavy atom. The highest BCUT2D eigenvalue weighted by Crippen LogP contribution is 2.51. The smallest absolute Gasteiger partial charge is 0.0950 e. The van der Waals surface area contributed by atoms with Crippen molar-refractivity contribution in [2.75, 3.05) is 0 Å². The normalized spacial score (nSPS) is 20.1. The van der Waals surface area contributed by atoms with Gasteiger partial charge in [-0.3, -0.25) is 4.99 Å². The third kappa shape index (κ3) is 3.15. The number of benzene rings is 3. The number of hydrogen-bond acceptors (Lipinski definition) is 4. The van der Waals surface area contributed by atoms with Gasteiger partial charge in [0.25, 0.3) is 0 Å². The van der Waals surface area contributed by atoms with Crippen molar-refractivity contribution in [2.45, 2.75) is 13.0 Å². The van der Waals surface area contributed by atoms with Gasteiger partial charge in [0.1, 0.15) is 0 Å². The fourth-order valence-corrected chi connectivity index (χ4v) is 7.43. The van der Waals surface area contributed by atoms with E-state index in [1.54, 1.807) is 0 Å². The van der Waals surface area contributed by atoms with Crippen LogP contribution in [0, 0.1) is 5.41 Å². The van der Waals surface area contributed by atoms with Crippen LogP contribution < -0.4 is 10.6 Å². The van der Waals surface area contributed by atoms with Gasteiger partial charge in [0, 0.05) is 40.5 Å². The molecule has 172 valence electrons. The number of hydrogen-bond donors (Lipinski definition) is 2. The van der Waals surface area contributed by atoms with Crippen molar-refractivity contribution in [3.05, 3.63) is 118 Å². The van der Waals surface area contributed by atoms with Gasteiger partial charge >= 0.3 is 0 Å². The molecule has 0 bridgehead atoms. The highest BCUT2D eigenvalue weighted by molar-refractivity contribution is 7.75. The largest absolute Gasteiger partial charge is 0.371 e. The average molecular weight is 483 g/mol. The third-order valence-electron chi connectivity index (χ3n) is 7.13. The van der Waals surface area contributed by atoms with Gasteiger partial charge in [-0.15, -0.1) is 0 Å². The highest BCUT2D eigenvalue weighted by Gasteiger charge is 2.31. The zero-order valence-corrected chi connectivity index (χ0v) is 20.6. The first-order chi connectivity index (χ1) is 17.7. The molecule has 2 unspecified atom stereocenters. The van der Waals surface area contributed by atoms with Crippen molar-refractivity contribution in [2.24, 2.45) is 9.98 Å². The van der Waals surface area contributed by atoms with Gasteiger partial charge in [0.05, 0.1) is 23.1 Å². The lowest BCUT2D eigenvalue weighted by atomic mass is 9.94. The van der Waals surface area contributed by atoms with Crippen molar-refractivity contribution in [1.82, 2.24) is 5.32 Å². The molecule has 3 aromatic carbocycles. The van der Waals surface area contributed by atoms with Crippen LogP contribution in [0.4, 0.5) is 0 Å². The van der Waals surface area contributed by atoms with E-state index in [-0.39, 0.29) is 6.04 Å². The van der Waals surface area contributed by atoms with Crippen LogP contribution in [0.5, 0.6) is 0 Å². The molecule has 5 heteroatoms. The van der Waals surface area contributed by atoms with Crippen molar-refractivity contribution in [3.8, 4) is 0 Å². The quantitative estimate of drug-likeness (QED) is 0.311. The summed E-state index contributed by atoms with van der Waals surface area (Å²) in [6.07, 6.45) is 13.9. The Hall–Kier alpha value is -4.14. The van der Waals surface area contributed by atoms with Gasteiger partial charge in [0.15, 0.2) is 0 Å². The fourth-order valence-electron chi connectivity index (χ4n) is 5.34. The molecule has 2 aliphatic heterocycles. The SMILES string of the molecule is C/C=C(\C=N)P(C1=CN=C1)c1ccc(C2=CC3=NC4=C(NC3C=C2)c2cccc3cccc4c23)cc1. The molecule has 36 heavy (non-hydrogen) atoms. The minimum absolute atomic E-state index is 0.0684. The molecule has 2 heterocycles. The summed E-state index contributed by atoms with van der Waals surface area (Å²) in [6, 6.07) is 21.8. The van der Waals surface area contributed by atoms with E-state index in [0.717, 1.165) is 33.6 Å². The van der Waals surface area contributed by atoms with Crippen LogP contribution in [-0.4, -0.2) is 24.2 Å². The first-order valence-electron chi connectivity index (χ1n) is 12.1. The van der Waals surface area contributed by atoms with Crippen molar-refractivity contribution in [1.29, 1.82) is 5.41 Å². The van der Waals surface area contributed by atoms with Crippen LogP contribution >= 0.6 is 7.92 Å². The second-order valence-corrected chi connectivity index (χ2v) is 11.3. The van der Waals surface area contributed by atoms with Crippen LogP contribution in [0.25, 0.3) is 27.7 Å². The molecular weight excluding hydrogens is 459 g/mol. The second-order valence-electron chi connectivity index (χ2n) is 9.12. The Morgan fingerprint density at radius 3 is 2.50 bits per heavy atom. The lowest BCUT2D eigenvalue weighted by Gasteiger charge is -2.27. The Balaban J connectivity index is 1.23. The van der Waals surface area contributed by atoms with E-state index in [0.29, 0.717) is 0 Å². The average Bonchev–Trinajstić information content (AvgIpc) is 3.21. The summed E-state index contributed by atoms with van der Waals surface area (Å²) in [4.78, 5) is 9.33. The van der Waals surface area contributed by atoms with Crippen LogP contribution in [0.1, 0.15) is 23.6 Å². The summed E-state index contributed by atoms with van der Waals surface area (Å²) >= 11 is 0. The van der Waals surface area contributed by atoms with Gasteiger partial charge in [0.2, 0.25) is 0 Å². The minimum atomic E-state index is -0.729. The Bertz CT molecular complexity index is 1670. The third-order valence-corrected chi connectivity index (χ3v) is 9.60. The van der Waals surface area contributed by atoms with Crippen LogP contribution in [-0.2, 0) is 0 Å². The molecule has 0 fully saturated rings. The minimum Gasteiger partial charge on any atom is -0.371 e. The zero-order chi connectivity index (χ0) is 24.2. The summed E-state index contributed by atoms with van der Waals surface area (Å²) in [7, 11) is -0.729. The molecule has 0 aromatic heterocycles. The van der Waals surface area contributed by atoms with Crippen LogP contribution in [0.15, 0.2) is 112 Å². The molecular formula is C31H23N4P. The highest BCUT2D eigenvalue weighted by atomic mass is 31.1. The van der Waals surface area contributed by atoms with Gasteiger partial charge in [-0.25, -0.2) is 4.99 Å². The molecule has 2 N–H and O–H groups in total. The second kappa shape index (κ2) is 8.22. The number of nitrogens with one attached hydrogen (secondary N) is 2. The van der Waals surface area contributed by atoms with Crippen molar-refractivity contribution >= 4 is 59.1 Å². The number of rotatable bonds is 5. The summed E-state index contributed by atoms with van der Waals surface area (Å²) in [5, 5.41) is 17.6. The molecule has 0 amide bonds. The van der Waals surface area contributed by atoms with E-state index >= 15 is 0 Å². The van der Waals surface area contributed by atoms with E-state index in [4.69, 9.17) is 10.4 Å². The molecule has 4 nitrogen and oxygen atoms in total. The maximum Gasteiger partial charge on any atom is 0.0950 e. The fraction of sp³-hybridized carbons (Fsp3) is 0.0645. The lowest BCUT2D eigenvalue weighted by Crippen LogP contribution is -2.36. The van der Waals surface area contributed by atoms with E-state index < -0.39 is 7.92 Å². The monoisotopic (exact) mass is 482 g/mol. The molecule has 4 aliphatic rings. The maximum atomic E-state index is 7.86. The molecule has 2 atom stereocenters. The Kier molecular flexibility index (Phi) is 4.83. The molecule has 0 saturated heterocycles. The van der Waals surface area contributed by atoms with Crippen molar-refractivity contribution < 1.29 is 0 Å². The molecule has 0 radical (unpaired) electrons. The van der Waals surface area contributed by atoms with Crippen LogP contribution in [0.3, 0.4) is 0 Å².